The molecule has 0 radical (unpaired) electrons. The van der Waals surface area contributed by atoms with E-state index < -0.39 is 0 Å². The number of carbonyl (C=O) groups excluding carboxylic acids is 1. The smallest absolute Gasteiger partial charge is 0.164 e. The topological polar surface area (TPSA) is 32.8 Å². The van der Waals surface area contributed by atoms with Crippen LogP contribution < -0.4 is 0 Å². The van der Waals surface area contributed by atoms with Gasteiger partial charge in [-0.15, -0.1) is 0 Å². The minimum atomic E-state index is 0.218. The second-order valence-electron chi connectivity index (χ2n) is 6.21. The summed E-state index contributed by atoms with van der Waals surface area (Å²) in [5.74, 6) is 2.72. The third-order valence-corrected chi connectivity index (χ3v) is 5.62. The Morgan fingerprint density at radius 3 is 2.70 bits per heavy atom. The van der Waals surface area contributed by atoms with Crippen molar-refractivity contribution in [2.75, 3.05) is 57.4 Å². The Hall–Kier alpha value is -0.880. The lowest BCUT2D eigenvalue weighted by molar-refractivity contribution is -0.0116. The Kier molecular flexibility index (Phi) is 6.51. The van der Waals surface area contributed by atoms with Crippen molar-refractivity contribution >= 4 is 17.5 Å². The van der Waals surface area contributed by atoms with Gasteiger partial charge in [0, 0.05) is 62.3 Å². The molecule has 4 nitrogen and oxygen atoms in total. The van der Waals surface area contributed by atoms with Crippen LogP contribution in [0, 0.1) is 0 Å². The highest BCUT2D eigenvalue weighted by Crippen LogP contribution is 2.15. The monoisotopic (exact) mass is 334 g/mol. The molecule has 0 N–H and O–H groups in total. The SMILES string of the molecule is O=C(C[C@@H]1COCCN1CCN1CCSCC1)c1ccccc1. The summed E-state index contributed by atoms with van der Waals surface area (Å²) in [7, 11) is 0. The Labute approximate surface area is 143 Å². The molecular formula is C18H26N2O2S. The summed E-state index contributed by atoms with van der Waals surface area (Å²) in [5.41, 5.74) is 0.811. The van der Waals surface area contributed by atoms with Crippen molar-refractivity contribution in [2.45, 2.75) is 12.5 Å². The van der Waals surface area contributed by atoms with Crippen molar-refractivity contribution in [3.63, 3.8) is 0 Å². The first-order valence-corrected chi connectivity index (χ1v) is 9.68. The second-order valence-corrected chi connectivity index (χ2v) is 7.44. The average molecular weight is 334 g/mol. The van der Waals surface area contributed by atoms with Crippen LogP contribution in [-0.4, -0.2) is 79.1 Å². The van der Waals surface area contributed by atoms with E-state index in [1.54, 1.807) is 0 Å². The molecule has 1 aromatic rings. The molecule has 126 valence electrons. The van der Waals surface area contributed by atoms with Gasteiger partial charge in [0.05, 0.1) is 13.2 Å². The zero-order valence-electron chi connectivity index (χ0n) is 13.7. The van der Waals surface area contributed by atoms with Gasteiger partial charge in [0.15, 0.2) is 5.78 Å². The summed E-state index contributed by atoms with van der Waals surface area (Å²) >= 11 is 2.05. The Morgan fingerprint density at radius 2 is 1.91 bits per heavy atom. The van der Waals surface area contributed by atoms with Gasteiger partial charge < -0.3 is 9.64 Å². The first-order chi connectivity index (χ1) is 11.3. The fourth-order valence-electron chi connectivity index (χ4n) is 3.22. The molecule has 2 aliphatic rings. The zero-order chi connectivity index (χ0) is 15.9. The fraction of sp³-hybridized carbons (Fsp3) is 0.611. The highest BCUT2D eigenvalue weighted by atomic mass is 32.2. The van der Waals surface area contributed by atoms with Crippen LogP contribution in [0.2, 0.25) is 0 Å². The van der Waals surface area contributed by atoms with Gasteiger partial charge in [0.25, 0.3) is 0 Å². The van der Waals surface area contributed by atoms with E-state index in [4.69, 9.17) is 4.74 Å². The van der Waals surface area contributed by atoms with E-state index in [1.807, 2.05) is 42.1 Å². The Bertz CT molecular complexity index is 491. The maximum absolute atomic E-state index is 12.5. The zero-order valence-corrected chi connectivity index (χ0v) is 14.5. The maximum atomic E-state index is 12.5. The number of ketones is 1. The number of Topliss-reactive ketones (excluding diaryl/α,β-unsaturated/α-hetero) is 1. The van der Waals surface area contributed by atoms with Crippen LogP contribution in [0.3, 0.4) is 0 Å². The molecule has 0 bridgehead atoms. The summed E-state index contributed by atoms with van der Waals surface area (Å²) in [6.45, 7) is 6.94. The van der Waals surface area contributed by atoms with Crippen LogP contribution in [0.25, 0.3) is 0 Å². The van der Waals surface area contributed by atoms with E-state index in [1.165, 1.54) is 24.6 Å². The van der Waals surface area contributed by atoms with Crippen molar-refractivity contribution in [2.24, 2.45) is 0 Å². The molecule has 5 heteroatoms. The summed E-state index contributed by atoms with van der Waals surface area (Å²) in [5, 5.41) is 0. The standard InChI is InChI=1S/C18H26N2O2S/c21-18(16-4-2-1-3-5-16)14-17-15-22-11-8-20(17)7-6-19-9-12-23-13-10-19/h1-5,17H,6-15H2/t17-/m1/s1. The number of hydrogen-bond donors (Lipinski definition) is 0. The molecule has 2 heterocycles. The molecule has 2 aliphatic heterocycles. The van der Waals surface area contributed by atoms with Gasteiger partial charge in [-0.2, -0.15) is 11.8 Å². The number of nitrogens with zero attached hydrogens (tertiary/aromatic N) is 2. The van der Waals surface area contributed by atoms with Gasteiger partial charge in [-0.25, -0.2) is 0 Å². The van der Waals surface area contributed by atoms with Crippen molar-refractivity contribution in [3.05, 3.63) is 35.9 Å². The molecule has 0 saturated carbocycles. The highest BCUT2D eigenvalue weighted by molar-refractivity contribution is 7.99. The van der Waals surface area contributed by atoms with E-state index in [0.717, 1.165) is 31.8 Å². The lowest BCUT2D eigenvalue weighted by atomic mass is 10.0. The molecule has 0 aromatic heterocycles. The van der Waals surface area contributed by atoms with Gasteiger partial charge in [-0.3, -0.25) is 9.69 Å². The summed E-state index contributed by atoms with van der Waals surface area (Å²) in [6, 6.07) is 9.83. The number of carbonyl (C=O) groups is 1. The van der Waals surface area contributed by atoms with Crippen molar-refractivity contribution in [3.8, 4) is 0 Å². The number of ether oxygens (including phenoxy) is 1. The number of rotatable bonds is 6. The maximum Gasteiger partial charge on any atom is 0.164 e. The molecule has 1 aromatic carbocycles. The van der Waals surface area contributed by atoms with Gasteiger partial charge in [0.2, 0.25) is 0 Å². The highest BCUT2D eigenvalue weighted by Gasteiger charge is 2.26. The molecule has 2 fully saturated rings. The van der Waals surface area contributed by atoms with E-state index in [9.17, 15) is 4.79 Å². The predicted molar refractivity (Wildman–Crippen MR) is 95.3 cm³/mol. The molecule has 3 rings (SSSR count). The van der Waals surface area contributed by atoms with Crippen molar-refractivity contribution < 1.29 is 9.53 Å². The molecule has 0 amide bonds. The molecule has 0 aliphatic carbocycles. The van der Waals surface area contributed by atoms with E-state index >= 15 is 0 Å². The molecule has 2 saturated heterocycles. The van der Waals surface area contributed by atoms with Crippen LogP contribution >= 0.6 is 11.8 Å². The molecule has 1 atom stereocenters. The first-order valence-electron chi connectivity index (χ1n) is 8.53. The lowest BCUT2D eigenvalue weighted by Crippen LogP contribution is -2.49. The van der Waals surface area contributed by atoms with Gasteiger partial charge in [0.1, 0.15) is 0 Å². The third kappa shape index (κ3) is 5.05. The average Bonchev–Trinajstić information content (AvgIpc) is 2.62. The van der Waals surface area contributed by atoms with E-state index in [2.05, 4.69) is 9.80 Å². The largest absolute Gasteiger partial charge is 0.378 e. The number of benzene rings is 1. The van der Waals surface area contributed by atoms with Crippen LogP contribution in [0.5, 0.6) is 0 Å². The summed E-state index contributed by atoms with van der Waals surface area (Å²) in [4.78, 5) is 17.5. The Balaban J connectivity index is 1.52. The Morgan fingerprint density at radius 1 is 1.13 bits per heavy atom. The number of hydrogen-bond acceptors (Lipinski definition) is 5. The molecule has 0 spiro atoms. The van der Waals surface area contributed by atoms with Crippen LogP contribution in [0.15, 0.2) is 30.3 Å². The van der Waals surface area contributed by atoms with Crippen molar-refractivity contribution in [1.82, 2.24) is 9.80 Å². The third-order valence-electron chi connectivity index (χ3n) is 4.67. The van der Waals surface area contributed by atoms with Gasteiger partial charge in [-0.05, 0) is 0 Å². The van der Waals surface area contributed by atoms with E-state index in [0.29, 0.717) is 13.0 Å². The molecule has 0 unspecified atom stereocenters. The lowest BCUT2D eigenvalue weighted by Gasteiger charge is -2.37. The van der Waals surface area contributed by atoms with Gasteiger partial charge in [-0.1, -0.05) is 30.3 Å². The van der Waals surface area contributed by atoms with Crippen molar-refractivity contribution in [1.29, 1.82) is 0 Å². The summed E-state index contributed by atoms with van der Waals surface area (Å²) in [6.07, 6.45) is 0.555. The van der Waals surface area contributed by atoms with E-state index in [-0.39, 0.29) is 11.8 Å². The quantitative estimate of drug-likeness (QED) is 0.743. The summed E-state index contributed by atoms with van der Waals surface area (Å²) < 4.78 is 5.63. The number of morpholine rings is 1. The van der Waals surface area contributed by atoms with Crippen LogP contribution in [0.1, 0.15) is 16.8 Å². The molecule has 23 heavy (non-hydrogen) atoms. The van der Waals surface area contributed by atoms with Crippen LogP contribution in [0.4, 0.5) is 0 Å². The number of thioether (sulfide) groups is 1. The normalized spacial score (nSPS) is 23.7. The second kappa shape index (κ2) is 8.83. The predicted octanol–water partition coefficient (Wildman–Crippen LogP) is 2.01. The first kappa shape index (κ1) is 17.0. The minimum Gasteiger partial charge on any atom is -0.378 e. The molecular weight excluding hydrogens is 308 g/mol. The minimum absolute atomic E-state index is 0.218. The fourth-order valence-corrected chi connectivity index (χ4v) is 4.20. The van der Waals surface area contributed by atoms with Crippen LogP contribution in [-0.2, 0) is 4.74 Å². The van der Waals surface area contributed by atoms with Gasteiger partial charge >= 0.3 is 0 Å².